The van der Waals surface area contributed by atoms with Crippen LogP contribution in [-0.4, -0.2) is 13.1 Å². The maximum absolute atomic E-state index is 13.0. The fraction of sp³-hybridized carbons (Fsp3) is 0.294. The van der Waals surface area contributed by atoms with Crippen LogP contribution < -0.4 is 5.32 Å². The number of hydrogen-bond donors (Lipinski definition) is 1. The fourth-order valence-corrected chi connectivity index (χ4v) is 3.23. The molecule has 104 valence electrons. The third-order valence-corrected chi connectivity index (χ3v) is 4.26. The highest BCUT2D eigenvalue weighted by molar-refractivity contribution is 6.30. The van der Waals surface area contributed by atoms with E-state index in [1.54, 1.807) is 12.1 Å². The zero-order chi connectivity index (χ0) is 13.9. The maximum Gasteiger partial charge on any atom is 0.123 e. The molecule has 2 aromatic rings. The molecular formula is C17H17ClFN. The van der Waals surface area contributed by atoms with Crippen molar-refractivity contribution >= 4 is 11.6 Å². The van der Waals surface area contributed by atoms with Crippen LogP contribution in [0.5, 0.6) is 0 Å². The molecule has 2 aromatic carbocycles. The van der Waals surface area contributed by atoms with E-state index in [-0.39, 0.29) is 5.82 Å². The van der Waals surface area contributed by atoms with Crippen LogP contribution in [0.25, 0.3) is 0 Å². The third-order valence-electron chi connectivity index (χ3n) is 4.02. The van der Waals surface area contributed by atoms with Crippen LogP contribution in [0.15, 0.2) is 48.5 Å². The van der Waals surface area contributed by atoms with E-state index >= 15 is 0 Å². The van der Waals surface area contributed by atoms with Crippen LogP contribution in [0.3, 0.4) is 0 Å². The molecule has 0 radical (unpaired) electrons. The SMILES string of the molecule is Fc1ccc([C@H]2CNC[C@@H]2Cc2cccc(Cl)c2)cc1. The molecule has 1 saturated heterocycles. The molecule has 0 spiro atoms. The van der Waals surface area contributed by atoms with Crippen molar-refractivity contribution < 1.29 is 4.39 Å². The van der Waals surface area contributed by atoms with Gasteiger partial charge in [-0.1, -0.05) is 35.9 Å². The summed E-state index contributed by atoms with van der Waals surface area (Å²) >= 11 is 6.04. The average Bonchev–Trinajstić information content (AvgIpc) is 2.88. The van der Waals surface area contributed by atoms with Crippen molar-refractivity contribution in [1.29, 1.82) is 0 Å². The zero-order valence-corrected chi connectivity index (χ0v) is 11.9. The van der Waals surface area contributed by atoms with E-state index in [1.165, 1.54) is 11.1 Å². The van der Waals surface area contributed by atoms with Crippen LogP contribution >= 0.6 is 11.6 Å². The van der Waals surface area contributed by atoms with Gasteiger partial charge in [0.25, 0.3) is 0 Å². The molecule has 0 bridgehead atoms. The van der Waals surface area contributed by atoms with Gasteiger partial charge in [0.05, 0.1) is 0 Å². The standard InChI is InChI=1S/C17H17ClFN/c18-15-3-1-2-12(9-15)8-14-10-20-11-17(14)13-4-6-16(19)7-5-13/h1-7,9,14,17,20H,8,10-11H2/t14-,17+/m0/s1. The van der Waals surface area contributed by atoms with E-state index in [0.717, 1.165) is 24.5 Å². The predicted molar refractivity (Wildman–Crippen MR) is 80.7 cm³/mol. The molecular weight excluding hydrogens is 273 g/mol. The maximum atomic E-state index is 13.0. The van der Waals surface area contributed by atoms with Crippen molar-refractivity contribution in [2.24, 2.45) is 5.92 Å². The van der Waals surface area contributed by atoms with Crippen molar-refractivity contribution in [1.82, 2.24) is 5.32 Å². The van der Waals surface area contributed by atoms with Crippen LogP contribution in [0.4, 0.5) is 4.39 Å². The lowest BCUT2D eigenvalue weighted by molar-refractivity contribution is 0.515. The molecule has 1 nitrogen and oxygen atoms in total. The summed E-state index contributed by atoms with van der Waals surface area (Å²) in [5.41, 5.74) is 2.47. The van der Waals surface area contributed by atoms with Crippen molar-refractivity contribution in [2.75, 3.05) is 13.1 Å². The number of halogens is 2. The fourth-order valence-electron chi connectivity index (χ4n) is 3.01. The van der Waals surface area contributed by atoms with Gasteiger partial charge in [-0.2, -0.15) is 0 Å². The van der Waals surface area contributed by atoms with Gasteiger partial charge in [-0.05, 0) is 54.3 Å². The summed E-state index contributed by atoms with van der Waals surface area (Å²) in [6, 6.07) is 14.9. The predicted octanol–water partition coefficient (Wildman–Crippen LogP) is 4.02. The highest BCUT2D eigenvalue weighted by Gasteiger charge is 2.28. The van der Waals surface area contributed by atoms with E-state index < -0.39 is 0 Å². The Kier molecular flexibility index (Phi) is 4.04. The Morgan fingerprint density at radius 3 is 2.65 bits per heavy atom. The number of benzene rings is 2. The lowest BCUT2D eigenvalue weighted by Crippen LogP contribution is -2.14. The number of hydrogen-bond acceptors (Lipinski definition) is 1. The first-order valence-corrected chi connectivity index (χ1v) is 7.31. The van der Waals surface area contributed by atoms with E-state index in [0.29, 0.717) is 11.8 Å². The largest absolute Gasteiger partial charge is 0.316 e. The van der Waals surface area contributed by atoms with Gasteiger partial charge in [-0.3, -0.25) is 0 Å². The number of rotatable bonds is 3. The average molecular weight is 290 g/mol. The Morgan fingerprint density at radius 2 is 1.90 bits per heavy atom. The molecule has 1 heterocycles. The minimum atomic E-state index is -0.175. The van der Waals surface area contributed by atoms with Crippen molar-refractivity contribution in [3.05, 3.63) is 70.5 Å². The second-order valence-electron chi connectivity index (χ2n) is 5.41. The molecule has 3 rings (SSSR count). The Hall–Kier alpha value is -1.38. The summed E-state index contributed by atoms with van der Waals surface area (Å²) in [6.07, 6.45) is 0.996. The van der Waals surface area contributed by atoms with Crippen LogP contribution in [0, 0.1) is 11.7 Å². The lowest BCUT2D eigenvalue weighted by Gasteiger charge is -2.19. The van der Waals surface area contributed by atoms with Crippen molar-refractivity contribution in [3.63, 3.8) is 0 Å². The van der Waals surface area contributed by atoms with Crippen LogP contribution in [0.1, 0.15) is 17.0 Å². The van der Waals surface area contributed by atoms with E-state index in [9.17, 15) is 4.39 Å². The topological polar surface area (TPSA) is 12.0 Å². The van der Waals surface area contributed by atoms with Gasteiger partial charge in [-0.15, -0.1) is 0 Å². The van der Waals surface area contributed by atoms with E-state index in [2.05, 4.69) is 11.4 Å². The number of nitrogens with one attached hydrogen (secondary N) is 1. The quantitative estimate of drug-likeness (QED) is 0.900. The minimum Gasteiger partial charge on any atom is -0.316 e. The monoisotopic (exact) mass is 289 g/mol. The van der Waals surface area contributed by atoms with Gasteiger partial charge in [0, 0.05) is 17.5 Å². The first-order chi connectivity index (χ1) is 9.72. The molecule has 0 aliphatic carbocycles. The van der Waals surface area contributed by atoms with Gasteiger partial charge in [-0.25, -0.2) is 4.39 Å². The van der Waals surface area contributed by atoms with Crippen LogP contribution in [-0.2, 0) is 6.42 Å². The summed E-state index contributed by atoms with van der Waals surface area (Å²) in [6.45, 7) is 1.95. The first-order valence-electron chi connectivity index (χ1n) is 6.93. The second-order valence-corrected chi connectivity index (χ2v) is 5.85. The molecule has 0 unspecified atom stereocenters. The normalized spacial score (nSPS) is 22.1. The van der Waals surface area contributed by atoms with Gasteiger partial charge < -0.3 is 5.32 Å². The molecule has 1 fully saturated rings. The van der Waals surface area contributed by atoms with Crippen LogP contribution in [0.2, 0.25) is 5.02 Å². The smallest absolute Gasteiger partial charge is 0.123 e. The molecule has 0 aromatic heterocycles. The summed E-state index contributed by atoms with van der Waals surface area (Å²) in [5, 5.41) is 4.23. The van der Waals surface area contributed by atoms with E-state index in [1.807, 2.05) is 30.3 Å². The Bertz CT molecular complexity index is 582. The molecule has 2 atom stereocenters. The van der Waals surface area contributed by atoms with Crippen molar-refractivity contribution in [2.45, 2.75) is 12.3 Å². The minimum absolute atomic E-state index is 0.175. The summed E-state index contributed by atoms with van der Waals surface area (Å²) in [7, 11) is 0. The highest BCUT2D eigenvalue weighted by Crippen LogP contribution is 2.31. The summed E-state index contributed by atoms with van der Waals surface area (Å²) in [4.78, 5) is 0. The second kappa shape index (κ2) is 5.94. The molecule has 1 aliphatic rings. The lowest BCUT2D eigenvalue weighted by atomic mass is 9.85. The van der Waals surface area contributed by atoms with Crippen molar-refractivity contribution in [3.8, 4) is 0 Å². The highest BCUT2D eigenvalue weighted by atomic mass is 35.5. The third kappa shape index (κ3) is 3.02. The molecule has 0 saturated carbocycles. The Labute approximate surface area is 123 Å². The Morgan fingerprint density at radius 1 is 1.10 bits per heavy atom. The zero-order valence-electron chi connectivity index (χ0n) is 11.2. The summed E-state index contributed by atoms with van der Waals surface area (Å²) < 4.78 is 13.0. The first kappa shape index (κ1) is 13.6. The molecule has 1 N–H and O–H groups in total. The Balaban J connectivity index is 1.77. The van der Waals surface area contributed by atoms with Gasteiger partial charge in [0.15, 0.2) is 0 Å². The molecule has 1 aliphatic heterocycles. The molecule has 20 heavy (non-hydrogen) atoms. The van der Waals surface area contributed by atoms with Gasteiger partial charge in [0.1, 0.15) is 5.82 Å². The summed E-state index contributed by atoms with van der Waals surface area (Å²) in [5.74, 6) is 0.791. The van der Waals surface area contributed by atoms with Gasteiger partial charge >= 0.3 is 0 Å². The van der Waals surface area contributed by atoms with Gasteiger partial charge in [0.2, 0.25) is 0 Å². The van der Waals surface area contributed by atoms with E-state index in [4.69, 9.17) is 11.6 Å². The molecule has 0 amide bonds. The molecule has 3 heteroatoms.